The van der Waals surface area contributed by atoms with Gasteiger partial charge in [0.05, 0.1) is 12.2 Å². The minimum atomic E-state index is 0.232. The van der Waals surface area contributed by atoms with Crippen LogP contribution in [-0.4, -0.2) is 22.3 Å². The van der Waals surface area contributed by atoms with Gasteiger partial charge in [0.25, 0.3) is 0 Å². The lowest BCUT2D eigenvalue weighted by molar-refractivity contribution is -0.128. The van der Waals surface area contributed by atoms with Gasteiger partial charge in [0.15, 0.2) is 0 Å². The van der Waals surface area contributed by atoms with Crippen LogP contribution in [0, 0.1) is 5.92 Å². The maximum Gasteiger partial charge on any atom is 0.223 e. The van der Waals surface area contributed by atoms with Crippen molar-refractivity contribution in [3.63, 3.8) is 0 Å². The first-order chi connectivity index (χ1) is 7.69. The molecule has 1 saturated heterocycles. The largest absolute Gasteiger partial charge is 0.399 e. The van der Waals surface area contributed by atoms with Crippen molar-refractivity contribution in [3.05, 3.63) is 24.0 Å². The molecule has 0 bridgehead atoms. The van der Waals surface area contributed by atoms with Gasteiger partial charge < -0.3 is 10.6 Å². The van der Waals surface area contributed by atoms with Crippen molar-refractivity contribution in [1.82, 2.24) is 9.88 Å². The van der Waals surface area contributed by atoms with Crippen LogP contribution in [0.4, 0.5) is 5.69 Å². The van der Waals surface area contributed by atoms with E-state index in [1.54, 1.807) is 12.3 Å². The zero-order valence-electron chi connectivity index (χ0n) is 9.52. The van der Waals surface area contributed by atoms with E-state index in [9.17, 15) is 4.79 Å². The molecular formula is C12H17N3O. The van der Waals surface area contributed by atoms with Gasteiger partial charge in [-0.25, -0.2) is 0 Å². The highest BCUT2D eigenvalue weighted by Gasteiger charge is 2.28. The number of rotatable bonds is 3. The first-order valence-electron chi connectivity index (χ1n) is 5.67. The molecule has 4 nitrogen and oxygen atoms in total. The van der Waals surface area contributed by atoms with Crippen LogP contribution < -0.4 is 5.73 Å². The highest BCUT2D eigenvalue weighted by molar-refractivity contribution is 5.78. The Morgan fingerprint density at radius 2 is 2.44 bits per heavy atom. The molecule has 0 saturated carbocycles. The molecule has 0 aliphatic carbocycles. The predicted octanol–water partition coefficient (Wildman–Crippen LogP) is 1.42. The molecule has 2 rings (SSSR count). The number of amides is 1. The van der Waals surface area contributed by atoms with Crippen LogP contribution >= 0.6 is 0 Å². The van der Waals surface area contributed by atoms with Crippen LogP contribution in [0.2, 0.25) is 0 Å². The van der Waals surface area contributed by atoms with Crippen LogP contribution in [0.1, 0.15) is 25.5 Å². The van der Waals surface area contributed by atoms with E-state index in [1.165, 1.54) is 0 Å². The standard InChI is InChI=1S/C12H17N3O/c1-2-9-5-12(16)15(7-9)8-11-6-10(13)3-4-14-11/h3-4,6,9H,2,5,7-8H2,1H3,(H2,13,14). The fraction of sp³-hybridized carbons (Fsp3) is 0.500. The van der Waals surface area contributed by atoms with E-state index >= 15 is 0 Å². The van der Waals surface area contributed by atoms with Crippen molar-refractivity contribution in [1.29, 1.82) is 0 Å². The Kier molecular flexibility index (Phi) is 3.08. The number of nitrogens with zero attached hydrogens (tertiary/aromatic N) is 2. The molecule has 1 aliphatic heterocycles. The number of anilines is 1. The lowest BCUT2D eigenvalue weighted by Crippen LogP contribution is -2.25. The highest BCUT2D eigenvalue weighted by atomic mass is 16.2. The maximum atomic E-state index is 11.7. The van der Waals surface area contributed by atoms with Crippen molar-refractivity contribution < 1.29 is 4.79 Å². The molecule has 1 aliphatic rings. The predicted molar refractivity (Wildman–Crippen MR) is 62.5 cm³/mol. The number of nitrogens with two attached hydrogens (primary N) is 1. The zero-order valence-corrected chi connectivity index (χ0v) is 9.52. The molecular weight excluding hydrogens is 202 g/mol. The monoisotopic (exact) mass is 219 g/mol. The smallest absolute Gasteiger partial charge is 0.223 e. The fourth-order valence-electron chi connectivity index (χ4n) is 2.06. The third-order valence-corrected chi connectivity index (χ3v) is 3.07. The van der Waals surface area contributed by atoms with E-state index < -0.39 is 0 Å². The van der Waals surface area contributed by atoms with E-state index in [2.05, 4.69) is 11.9 Å². The first kappa shape index (κ1) is 10.9. The van der Waals surface area contributed by atoms with Crippen LogP contribution in [0.3, 0.4) is 0 Å². The van der Waals surface area contributed by atoms with Gasteiger partial charge >= 0.3 is 0 Å². The molecule has 16 heavy (non-hydrogen) atoms. The normalized spacial score (nSPS) is 20.4. The van der Waals surface area contributed by atoms with E-state index in [1.807, 2.05) is 11.0 Å². The second kappa shape index (κ2) is 4.51. The molecule has 0 radical (unpaired) electrons. The third-order valence-electron chi connectivity index (χ3n) is 3.07. The summed E-state index contributed by atoms with van der Waals surface area (Å²) in [6.07, 6.45) is 3.42. The summed E-state index contributed by atoms with van der Waals surface area (Å²) in [6.45, 7) is 3.56. The van der Waals surface area contributed by atoms with Crippen LogP contribution in [-0.2, 0) is 11.3 Å². The molecule has 1 amide bonds. The number of nitrogen functional groups attached to an aromatic ring is 1. The number of likely N-dealkylation sites (tertiary alicyclic amines) is 1. The van der Waals surface area contributed by atoms with Gasteiger partial charge in [-0.05, 0) is 18.1 Å². The Morgan fingerprint density at radius 3 is 3.06 bits per heavy atom. The second-order valence-corrected chi connectivity index (χ2v) is 4.33. The number of hydrogen-bond donors (Lipinski definition) is 1. The summed E-state index contributed by atoms with van der Waals surface area (Å²) < 4.78 is 0. The van der Waals surface area contributed by atoms with Gasteiger partial charge in [0.1, 0.15) is 0 Å². The quantitative estimate of drug-likeness (QED) is 0.836. The number of aromatic nitrogens is 1. The van der Waals surface area contributed by atoms with Gasteiger partial charge in [-0.2, -0.15) is 0 Å². The number of carbonyl (C=O) groups excluding carboxylic acids is 1. The number of pyridine rings is 1. The summed E-state index contributed by atoms with van der Waals surface area (Å²) in [5.74, 6) is 0.740. The summed E-state index contributed by atoms with van der Waals surface area (Å²) in [7, 11) is 0. The van der Waals surface area contributed by atoms with Gasteiger partial charge in [0, 0.05) is 24.8 Å². The van der Waals surface area contributed by atoms with Crippen LogP contribution in [0.15, 0.2) is 18.3 Å². The average Bonchev–Trinajstić information content (AvgIpc) is 2.60. The summed E-state index contributed by atoms with van der Waals surface area (Å²) in [5.41, 5.74) is 7.24. The zero-order chi connectivity index (χ0) is 11.5. The Hall–Kier alpha value is -1.58. The van der Waals surface area contributed by atoms with Gasteiger partial charge in [0.2, 0.25) is 5.91 Å². The van der Waals surface area contributed by atoms with Gasteiger partial charge in [-0.3, -0.25) is 9.78 Å². The first-order valence-corrected chi connectivity index (χ1v) is 5.67. The Morgan fingerprint density at radius 1 is 1.62 bits per heavy atom. The average molecular weight is 219 g/mol. The van der Waals surface area contributed by atoms with Crippen molar-refractivity contribution in [2.24, 2.45) is 5.92 Å². The van der Waals surface area contributed by atoms with E-state index in [-0.39, 0.29) is 5.91 Å². The molecule has 0 aromatic carbocycles. The lowest BCUT2D eigenvalue weighted by atomic mass is 10.1. The van der Waals surface area contributed by atoms with Crippen molar-refractivity contribution in [2.45, 2.75) is 26.3 Å². The van der Waals surface area contributed by atoms with Crippen molar-refractivity contribution in [2.75, 3.05) is 12.3 Å². The summed E-state index contributed by atoms with van der Waals surface area (Å²) in [6, 6.07) is 3.58. The summed E-state index contributed by atoms with van der Waals surface area (Å²) >= 11 is 0. The van der Waals surface area contributed by atoms with E-state index in [0.29, 0.717) is 24.6 Å². The molecule has 86 valence electrons. The van der Waals surface area contributed by atoms with Crippen molar-refractivity contribution in [3.8, 4) is 0 Å². The molecule has 0 spiro atoms. The van der Waals surface area contributed by atoms with Gasteiger partial charge in [-0.15, -0.1) is 0 Å². The van der Waals surface area contributed by atoms with Crippen LogP contribution in [0.25, 0.3) is 0 Å². The molecule has 1 atom stereocenters. The minimum absolute atomic E-state index is 0.232. The number of hydrogen-bond acceptors (Lipinski definition) is 3. The molecule has 2 N–H and O–H groups in total. The molecule has 1 fully saturated rings. The molecule has 4 heteroatoms. The minimum Gasteiger partial charge on any atom is -0.399 e. The van der Waals surface area contributed by atoms with E-state index in [0.717, 1.165) is 18.7 Å². The molecule has 1 unspecified atom stereocenters. The SMILES string of the molecule is CCC1CC(=O)N(Cc2cc(N)ccn2)C1. The molecule has 1 aromatic heterocycles. The molecule has 1 aromatic rings. The summed E-state index contributed by atoms with van der Waals surface area (Å²) in [5, 5.41) is 0. The summed E-state index contributed by atoms with van der Waals surface area (Å²) in [4.78, 5) is 17.8. The lowest BCUT2D eigenvalue weighted by Gasteiger charge is -2.15. The fourth-order valence-corrected chi connectivity index (χ4v) is 2.06. The van der Waals surface area contributed by atoms with Crippen molar-refractivity contribution >= 4 is 11.6 Å². The Labute approximate surface area is 95.5 Å². The Bertz CT molecular complexity index is 392. The van der Waals surface area contributed by atoms with Gasteiger partial charge in [-0.1, -0.05) is 13.3 Å². The Balaban J connectivity index is 2.03. The topological polar surface area (TPSA) is 59.2 Å². The molecule has 2 heterocycles. The number of carbonyl (C=O) groups is 1. The van der Waals surface area contributed by atoms with E-state index in [4.69, 9.17) is 5.73 Å². The maximum absolute atomic E-state index is 11.7. The highest BCUT2D eigenvalue weighted by Crippen LogP contribution is 2.22. The second-order valence-electron chi connectivity index (χ2n) is 4.33. The van der Waals surface area contributed by atoms with Crippen LogP contribution in [0.5, 0.6) is 0 Å². The third kappa shape index (κ3) is 2.32.